The Bertz CT molecular complexity index is 340. The molecule has 2 amide bonds. The predicted molar refractivity (Wildman–Crippen MR) is 75.4 cm³/mol. The van der Waals surface area contributed by atoms with Crippen molar-refractivity contribution in [3.05, 3.63) is 0 Å². The average Bonchev–Trinajstić information content (AvgIpc) is 2.64. The van der Waals surface area contributed by atoms with Crippen LogP contribution >= 0.6 is 0 Å². The lowest BCUT2D eigenvalue weighted by atomic mass is 9.92. The molecule has 1 unspecified atom stereocenters. The largest absolute Gasteiger partial charge is 0.352 e. The molecule has 0 bridgehead atoms. The molecule has 1 rings (SSSR count). The maximum Gasteiger partial charge on any atom is 0.239 e. The van der Waals surface area contributed by atoms with Crippen molar-refractivity contribution in [1.82, 2.24) is 10.6 Å². The Morgan fingerprint density at radius 1 is 1.37 bits per heavy atom. The first-order valence-electron chi connectivity index (χ1n) is 7.04. The van der Waals surface area contributed by atoms with E-state index in [0.717, 1.165) is 19.3 Å². The van der Waals surface area contributed by atoms with Crippen LogP contribution in [0, 0.1) is 11.3 Å². The van der Waals surface area contributed by atoms with E-state index >= 15 is 0 Å². The van der Waals surface area contributed by atoms with Gasteiger partial charge in [0.15, 0.2) is 0 Å². The minimum atomic E-state index is -0.557. The monoisotopic (exact) mass is 269 g/mol. The molecule has 0 aromatic carbocycles. The number of carbonyl (C=O) groups excluding carboxylic acids is 2. The van der Waals surface area contributed by atoms with Gasteiger partial charge in [-0.25, -0.2) is 0 Å². The average molecular weight is 269 g/mol. The zero-order valence-electron chi connectivity index (χ0n) is 12.5. The van der Waals surface area contributed by atoms with Gasteiger partial charge in [0.25, 0.3) is 0 Å². The van der Waals surface area contributed by atoms with Crippen LogP contribution in [0.2, 0.25) is 0 Å². The van der Waals surface area contributed by atoms with Crippen molar-refractivity contribution in [3.63, 3.8) is 0 Å². The second-order valence-electron chi connectivity index (χ2n) is 6.66. The Kier molecular flexibility index (Phi) is 5.35. The van der Waals surface area contributed by atoms with Crippen molar-refractivity contribution < 1.29 is 9.59 Å². The molecule has 2 atom stereocenters. The summed E-state index contributed by atoms with van der Waals surface area (Å²) in [6, 6.07) is -0.323. The summed E-state index contributed by atoms with van der Waals surface area (Å²) in [4.78, 5) is 23.4. The smallest absolute Gasteiger partial charge is 0.239 e. The topological polar surface area (TPSA) is 84.2 Å². The van der Waals surface area contributed by atoms with Crippen molar-refractivity contribution in [1.29, 1.82) is 0 Å². The molecule has 5 nitrogen and oxygen atoms in total. The lowest BCUT2D eigenvalue weighted by molar-refractivity contribution is -0.127. The second kappa shape index (κ2) is 6.37. The van der Waals surface area contributed by atoms with Gasteiger partial charge in [-0.1, -0.05) is 27.7 Å². The molecule has 0 aromatic heterocycles. The molecule has 4 N–H and O–H groups in total. The third-order valence-electron chi connectivity index (χ3n) is 3.78. The van der Waals surface area contributed by atoms with Crippen molar-refractivity contribution in [3.8, 4) is 0 Å². The second-order valence-corrected chi connectivity index (χ2v) is 6.66. The highest BCUT2D eigenvalue weighted by atomic mass is 16.2. The molecule has 1 aliphatic carbocycles. The number of hydrogen-bond donors (Lipinski definition) is 3. The van der Waals surface area contributed by atoms with Crippen molar-refractivity contribution in [2.24, 2.45) is 17.1 Å². The summed E-state index contributed by atoms with van der Waals surface area (Å²) in [5.41, 5.74) is 6.01. The first kappa shape index (κ1) is 16.0. The number of nitrogens with two attached hydrogens (primary N) is 1. The molecule has 0 aliphatic heterocycles. The Hall–Kier alpha value is -1.10. The summed E-state index contributed by atoms with van der Waals surface area (Å²) < 4.78 is 0. The van der Waals surface area contributed by atoms with E-state index in [2.05, 4.69) is 24.5 Å². The molecule has 0 radical (unpaired) electrons. The Labute approximate surface area is 115 Å². The summed E-state index contributed by atoms with van der Waals surface area (Å²) in [6.07, 6.45) is 3.14. The number of rotatable bonds is 5. The van der Waals surface area contributed by atoms with E-state index in [1.54, 1.807) is 0 Å². The van der Waals surface area contributed by atoms with E-state index in [-0.39, 0.29) is 30.3 Å². The van der Waals surface area contributed by atoms with Crippen molar-refractivity contribution >= 4 is 11.8 Å². The van der Waals surface area contributed by atoms with Crippen LogP contribution in [0.5, 0.6) is 0 Å². The quantitative estimate of drug-likeness (QED) is 0.689. The molecule has 1 aliphatic rings. The van der Waals surface area contributed by atoms with Gasteiger partial charge < -0.3 is 16.4 Å². The fourth-order valence-electron chi connectivity index (χ4n) is 2.43. The fraction of sp³-hybridized carbons (Fsp3) is 0.857. The standard InChI is InChI=1S/C14H27N3O2/c1-9(2)12(15)13(19)16-8-11(18)17-10-5-6-14(3,4)7-10/h9-10,12H,5-8,15H2,1-4H3,(H,16,19)(H,17,18)/t10?,12-/m0/s1. The highest BCUT2D eigenvalue weighted by Crippen LogP contribution is 2.36. The molecular formula is C14H27N3O2. The van der Waals surface area contributed by atoms with Crippen LogP contribution in [0.25, 0.3) is 0 Å². The molecule has 0 aromatic rings. The SMILES string of the molecule is CC(C)[C@H](N)C(=O)NCC(=O)NC1CCC(C)(C)C1. The minimum Gasteiger partial charge on any atom is -0.352 e. The number of nitrogens with one attached hydrogen (secondary N) is 2. The van der Waals surface area contributed by atoms with Gasteiger partial charge in [0.1, 0.15) is 0 Å². The van der Waals surface area contributed by atoms with Crippen LogP contribution in [-0.2, 0) is 9.59 Å². The predicted octanol–water partition coefficient (Wildman–Crippen LogP) is 0.781. The van der Waals surface area contributed by atoms with E-state index < -0.39 is 6.04 Å². The maximum atomic E-state index is 11.7. The molecule has 19 heavy (non-hydrogen) atoms. The maximum absolute atomic E-state index is 11.7. The third kappa shape index (κ3) is 5.19. The first-order valence-corrected chi connectivity index (χ1v) is 7.04. The van der Waals surface area contributed by atoms with E-state index in [4.69, 9.17) is 5.73 Å². The number of amides is 2. The van der Waals surface area contributed by atoms with Crippen molar-refractivity contribution in [2.75, 3.05) is 6.54 Å². The molecule has 0 spiro atoms. The summed E-state index contributed by atoms with van der Waals surface area (Å²) in [5, 5.41) is 5.55. The van der Waals surface area contributed by atoms with Crippen molar-refractivity contribution in [2.45, 2.75) is 59.0 Å². The van der Waals surface area contributed by atoms with Crippen LogP contribution in [0.4, 0.5) is 0 Å². The third-order valence-corrected chi connectivity index (χ3v) is 3.78. The summed E-state index contributed by atoms with van der Waals surface area (Å²) in [6.45, 7) is 8.19. The van der Waals surface area contributed by atoms with E-state index in [1.807, 2.05) is 13.8 Å². The zero-order valence-corrected chi connectivity index (χ0v) is 12.5. The van der Waals surface area contributed by atoms with E-state index in [0.29, 0.717) is 5.41 Å². The van der Waals surface area contributed by atoms with E-state index in [1.165, 1.54) is 0 Å². The van der Waals surface area contributed by atoms with Gasteiger partial charge in [0.05, 0.1) is 12.6 Å². The highest BCUT2D eigenvalue weighted by molar-refractivity contribution is 5.87. The van der Waals surface area contributed by atoms with Gasteiger partial charge in [-0.3, -0.25) is 9.59 Å². The van der Waals surface area contributed by atoms with Crippen LogP contribution in [0.1, 0.15) is 47.0 Å². The molecule has 5 heteroatoms. The van der Waals surface area contributed by atoms with Gasteiger partial charge in [-0.2, -0.15) is 0 Å². The highest BCUT2D eigenvalue weighted by Gasteiger charge is 2.31. The lowest BCUT2D eigenvalue weighted by Crippen LogP contribution is -2.48. The molecule has 110 valence electrons. The molecule has 1 fully saturated rings. The minimum absolute atomic E-state index is 0.0101. The summed E-state index contributed by atoms with van der Waals surface area (Å²) in [7, 11) is 0. The zero-order chi connectivity index (χ0) is 14.6. The van der Waals surface area contributed by atoms with Gasteiger partial charge in [0.2, 0.25) is 11.8 Å². The number of carbonyl (C=O) groups is 2. The Morgan fingerprint density at radius 3 is 2.47 bits per heavy atom. The molecule has 0 heterocycles. The normalized spacial score (nSPS) is 23.2. The lowest BCUT2D eigenvalue weighted by Gasteiger charge is -2.18. The van der Waals surface area contributed by atoms with Crippen LogP contribution in [-0.4, -0.2) is 30.4 Å². The van der Waals surface area contributed by atoms with E-state index in [9.17, 15) is 9.59 Å². The van der Waals surface area contributed by atoms with Gasteiger partial charge in [0, 0.05) is 6.04 Å². The van der Waals surface area contributed by atoms with Gasteiger partial charge in [-0.15, -0.1) is 0 Å². The first-order chi connectivity index (χ1) is 8.71. The summed E-state index contributed by atoms with van der Waals surface area (Å²) in [5.74, 6) is -0.331. The molecular weight excluding hydrogens is 242 g/mol. The van der Waals surface area contributed by atoms with Crippen LogP contribution in [0.15, 0.2) is 0 Å². The van der Waals surface area contributed by atoms with Crippen LogP contribution < -0.4 is 16.4 Å². The molecule has 1 saturated carbocycles. The van der Waals surface area contributed by atoms with Gasteiger partial charge >= 0.3 is 0 Å². The Balaban J connectivity index is 2.27. The summed E-state index contributed by atoms with van der Waals surface area (Å²) >= 11 is 0. The number of hydrogen-bond acceptors (Lipinski definition) is 3. The van der Waals surface area contributed by atoms with Crippen LogP contribution in [0.3, 0.4) is 0 Å². The van der Waals surface area contributed by atoms with Gasteiger partial charge in [-0.05, 0) is 30.6 Å². The fourth-order valence-corrected chi connectivity index (χ4v) is 2.43. The molecule has 0 saturated heterocycles. The Morgan fingerprint density at radius 2 is 2.00 bits per heavy atom.